The van der Waals surface area contributed by atoms with E-state index in [2.05, 4.69) is 5.32 Å². The second kappa shape index (κ2) is 5.75. The highest BCUT2D eigenvalue weighted by molar-refractivity contribution is 5.95. The summed E-state index contributed by atoms with van der Waals surface area (Å²) in [5.41, 5.74) is 6.48. The number of rotatable bonds is 4. The fourth-order valence-corrected chi connectivity index (χ4v) is 1.85. The molecule has 116 valence electrons. The molecule has 3 N–H and O–H groups in total. The molecule has 1 aliphatic heterocycles. The van der Waals surface area contributed by atoms with Gasteiger partial charge in [0.25, 0.3) is 0 Å². The van der Waals surface area contributed by atoms with Crippen LogP contribution in [0.3, 0.4) is 0 Å². The second-order valence-corrected chi connectivity index (χ2v) is 6.50. The molecule has 21 heavy (non-hydrogen) atoms. The summed E-state index contributed by atoms with van der Waals surface area (Å²) in [6.45, 7) is 8.62. The predicted molar refractivity (Wildman–Crippen MR) is 81.8 cm³/mol. The molecule has 0 bridgehead atoms. The number of carbonyl (C=O) groups excluding carboxylic acids is 1. The van der Waals surface area contributed by atoms with E-state index in [9.17, 15) is 4.79 Å². The van der Waals surface area contributed by atoms with Gasteiger partial charge in [-0.3, -0.25) is 4.79 Å². The van der Waals surface area contributed by atoms with Crippen molar-refractivity contribution >= 4 is 11.6 Å². The fourth-order valence-electron chi connectivity index (χ4n) is 1.85. The minimum Gasteiger partial charge on any atom is -0.346 e. The largest absolute Gasteiger partial charge is 0.346 e. The predicted octanol–water partition coefficient (Wildman–Crippen LogP) is 2.43. The highest BCUT2D eigenvalue weighted by Gasteiger charge is 2.40. The van der Waals surface area contributed by atoms with Gasteiger partial charge in [0.05, 0.1) is 18.6 Å². The summed E-state index contributed by atoms with van der Waals surface area (Å²) in [7, 11) is 0. The minimum absolute atomic E-state index is 0.101. The summed E-state index contributed by atoms with van der Waals surface area (Å²) in [5, 5.41) is 2.91. The third-order valence-corrected chi connectivity index (χ3v) is 4.24. The molecule has 2 rings (SSSR count). The van der Waals surface area contributed by atoms with E-state index in [1.807, 2.05) is 52.0 Å². The van der Waals surface area contributed by atoms with E-state index in [1.54, 1.807) is 0 Å². The lowest BCUT2D eigenvalue weighted by molar-refractivity contribution is -0.126. The van der Waals surface area contributed by atoms with Crippen LogP contribution in [0.1, 0.15) is 39.5 Å². The van der Waals surface area contributed by atoms with Crippen LogP contribution in [0, 0.1) is 5.41 Å². The summed E-state index contributed by atoms with van der Waals surface area (Å²) < 4.78 is 10.9. The molecule has 0 radical (unpaired) electrons. The van der Waals surface area contributed by atoms with E-state index in [0.29, 0.717) is 13.2 Å². The van der Waals surface area contributed by atoms with Crippen LogP contribution in [0.5, 0.6) is 0 Å². The summed E-state index contributed by atoms with van der Waals surface area (Å²) in [4.78, 5) is 12.4. The molecule has 0 saturated carbocycles. The summed E-state index contributed by atoms with van der Waals surface area (Å²) >= 11 is 0. The average molecular weight is 292 g/mol. The van der Waals surface area contributed by atoms with Crippen LogP contribution in [-0.4, -0.2) is 24.7 Å². The van der Waals surface area contributed by atoms with E-state index in [-0.39, 0.29) is 12.2 Å². The number of hydrogen-bond acceptors (Lipinski definition) is 4. The molecule has 5 nitrogen and oxygen atoms in total. The van der Waals surface area contributed by atoms with Gasteiger partial charge in [-0.1, -0.05) is 12.1 Å². The molecule has 1 heterocycles. The van der Waals surface area contributed by atoms with Crippen molar-refractivity contribution in [2.75, 3.05) is 18.5 Å². The van der Waals surface area contributed by atoms with Gasteiger partial charge in [-0.2, -0.15) is 0 Å². The van der Waals surface area contributed by atoms with Crippen LogP contribution in [0.15, 0.2) is 24.3 Å². The van der Waals surface area contributed by atoms with Gasteiger partial charge in [-0.25, -0.2) is 0 Å². The van der Waals surface area contributed by atoms with Crippen LogP contribution < -0.4 is 11.1 Å². The summed E-state index contributed by atoms with van der Waals surface area (Å²) in [5.74, 6) is -0.101. The molecule has 1 fully saturated rings. The lowest BCUT2D eigenvalue weighted by Crippen LogP contribution is -2.53. The molecule has 5 heteroatoms. The summed E-state index contributed by atoms with van der Waals surface area (Å²) in [6.07, 6.45) is -0.297. The Hall–Kier alpha value is -1.43. The van der Waals surface area contributed by atoms with Crippen molar-refractivity contribution in [3.05, 3.63) is 29.8 Å². The van der Waals surface area contributed by atoms with E-state index < -0.39 is 11.0 Å². The molecule has 1 aliphatic rings. The van der Waals surface area contributed by atoms with Crippen molar-refractivity contribution in [3.8, 4) is 0 Å². The molecule has 0 aromatic heterocycles. The van der Waals surface area contributed by atoms with Crippen LogP contribution in [0.25, 0.3) is 0 Å². The molecule has 0 unspecified atom stereocenters. The van der Waals surface area contributed by atoms with Gasteiger partial charge in [-0.15, -0.1) is 0 Å². The molecular weight excluding hydrogens is 268 g/mol. The van der Waals surface area contributed by atoms with Crippen molar-refractivity contribution in [2.24, 2.45) is 11.1 Å². The Morgan fingerprint density at radius 3 is 2.14 bits per heavy atom. The fraction of sp³-hybridized carbons (Fsp3) is 0.562. The Morgan fingerprint density at radius 1 is 1.14 bits per heavy atom. The smallest absolute Gasteiger partial charge is 0.231 e. The lowest BCUT2D eigenvalue weighted by Gasteiger charge is -2.36. The zero-order chi connectivity index (χ0) is 15.7. The van der Waals surface area contributed by atoms with Crippen LogP contribution in [0.2, 0.25) is 0 Å². The van der Waals surface area contributed by atoms with E-state index >= 15 is 0 Å². The first-order chi connectivity index (χ1) is 9.72. The van der Waals surface area contributed by atoms with Gasteiger partial charge >= 0.3 is 0 Å². The number of anilines is 1. The topological polar surface area (TPSA) is 73.6 Å². The Labute approximate surface area is 125 Å². The molecular formula is C16H24N2O3. The Morgan fingerprint density at radius 2 is 1.67 bits per heavy atom. The van der Waals surface area contributed by atoms with Gasteiger partial charge in [0.2, 0.25) is 5.91 Å². The first kappa shape index (κ1) is 15.9. The highest BCUT2D eigenvalue weighted by atomic mass is 16.7. The Balaban J connectivity index is 2.05. The maximum atomic E-state index is 12.4. The maximum Gasteiger partial charge on any atom is 0.231 e. The van der Waals surface area contributed by atoms with Crippen LogP contribution in [0.4, 0.5) is 5.69 Å². The molecule has 1 aromatic rings. The van der Waals surface area contributed by atoms with Crippen molar-refractivity contribution in [1.82, 2.24) is 0 Å². The van der Waals surface area contributed by atoms with E-state index in [4.69, 9.17) is 15.2 Å². The van der Waals surface area contributed by atoms with Crippen LogP contribution >= 0.6 is 0 Å². The zero-order valence-electron chi connectivity index (χ0n) is 13.1. The Kier molecular flexibility index (Phi) is 4.37. The minimum atomic E-state index is -0.677. The molecule has 0 spiro atoms. The number of benzene rings is 1. The number of amides is 1. The van der Waals surface area contributed by atoms with Crippen molar-refractivity contribution in [3.63, 3.8) is 0 Å². The number of ether oxygens (including phenoxy) is 2. The van der Waals surface area contributed by atoms with Crippen LogP contribution in [-0.2, 0) is 14.3 Å². The van der Waals surface area contributed by atoms with Gasteiger partial charge in [-0.05, 0) is 39.8 Å². The number of carbonyl (C=O) groups is 1. The quantitative estimate of drug-likeness (QED) is 0.894. The average Bonchev–Trinajstić information content (AvgIpc) is 2.92. The van der Waals surface area contributed by atoms with Gasteiger partial charge in [0.1, 0.15) is 0 Å². The third-order valence-electron chi connectivity index (χ3n) is 4.24. The zero-order valence-corrected chi connectivity index (χ0v) is 13.1. The highest BCUT2D eigenvalue weighted by Crippen LogP contribution is 2.30. The monoisotopic (exact) mass is 292 g/mol. The standard InChI is InChI=1S/C16H24N2O3/c1-15(2,16(3,4)17)14(19)18-12-7-5-11(6-8-12)13-20-9-10-21-13/h5-8,13H,9-10,17H2,1-4H3,(H,18,19). The Bertz CT molecular complexity index is 497. The molecule has 1 amide bonds. The van der Waals surface area contributed by atoms with Crippen molar-refractivity contribution in [1.29, 1.82) is 0 Å². The molecule has 1 saturated heterocycles. The number of nitrogens with two attached hydrogens (primary N) is 1. The van der Waals surface area contributed by atoms with Crippen molar-refractivity contribution < 1.29 is 14.3 Å². The second-order valence-electron chi connectivity index (χ2n) is 6.50. The first-order valence-electron chi connectivity index (χ1n) is 7.15. The lowest BCUT2D eigenvalue weighted by atomic mass is 9.74. The number of hydrogen-bond donors (Lipinski definition) is 2. The maximum absolute atomic E-state index is 12.4. The third kappa shape index (κ3) is 3.43. The number of nitrogens with one attached hydrogen (secondary N) is 1. The first-order valence-corrected chi connectivity index (χ1v) is 7.15. The summed E-state index contributed by atoms with van der Waals surface area (Å²) in [6, 6.07) is 7.48. The van der Waals surface area contributed by atoms with Gasteiger partial charge < -0.3 is 20.5 Å². The van der Waals surface area contributed by atoms with Crippen molar-refractivity contribution in [2.45, 2.75) is 39.5 Å². The molecule has 0 aliphatic carbocycles. The van der Waals surface area contributed by atoms with E-state index in [1.165, 1.54) is 0 Å². The van der Waals surface area contributed by atoms with Gasteiger partial charge in [0, 0.05) is 16.8 Å². The van der Waals surface area contributed by atoms with E-state index in [0.717, 1.165) is 11.3 Å². The normalized spacial score (nSPS) is 17.0. The molecule has 1 aromatic carbocycles. The van der Waals surface area contributed by atoms with Gasteiger partial charge in [0.15, 0.2) is 6.29 Å². The molecule has 0 atom stereocenters. The SMILES string of the molecule is CC(C)(N)C(C)(C)C(=O)Nc1ccc(C2OCCO2)cc1.